The van der Waals surface area contributed by atoms with Crippen molar-refractivity contribution >= 4 is 5.97 Å². The van der Waals surface area contributed by atoms with Gasteiger partial charge in [0.1, 0.15) is 0 Å². The molecule has 5 nitrogen and oxygen atoms in total. The summed E-state index contributed by atoms with van der Waals surface area (Å²) in [4.78, 5) is 13.4. The Labute approximate surface area is 150 Å². The number of aliphatic carboxylic acids is 1. The van der Waals surface area contributed by atoms with E-state index < -0.39 is 24.7 Å². The van der Waals surface area contributed by atoms with Gasteiger partial charge < -0.3 is 14.6 Å². The summed E-state index contributed by atoms with van der Waals surface area (Å²) in [7, 11) is 0. The van der Waals surface area contributed by atoms with Crippen molar-refractivity contribution in [2.24, 2.45) is 5.92 Å². The molecule has 0 unspecified atom stereocenters. The smallest absolute Gasteiger partial charge is 0.422 e. The maximum Gasteiger partial charge on any atom is 0.422 e. The van der Waals surface area contributed by atoms with E-state index >= 15 is 0 Å². The van der Waals surface area contributed by atoms with Gasteiger partial charge in [-0.3, -0.25) is 9.69 Å². The topological polar surface area (TPSA) is 59.0 Å². The van der Waals surface area contributed by atoms with Crippen LogP contribution < -0.4 is 9.47 Å². The van der Waals surface area contributed by atoms with E-state index in [-0.39, 0.29) is 17.5 Å². The highest BCUT2D eigenvalue weighted by atomic mass is 19.4. The van der Waals surface area contributed by atoms with Gasteiger partial charge in [0.2, 0.25) is 0 Å². The highest BCUT2D eigenvalue weighted by Crippen LogP contribution is 2.32. The Kier molecular flexibility index (Phi) is 6.75. The first-order valence-corrected chi connectivity index (χ1v) is 8.63. The Morgan fingerprint density at radius 2 is 2.04 bits per heavy atom. The van der Waals surface area contributed by atoms with Crippen molar-refractivity contribution in [2.45, 2.75) is 45.5 Å². The number of carbonyl (C=O) groups is 1. The molecule has 1 aromatic carbocycles. The summed E-state index contributed by atoms with van der Waals surface area (Å²) in [5.74, 6) is -0.908. The van der Waals surface area contributed by atoms with Crippen molar-refractivity contribution in [1.82, 2.24) is 4.90 Å². The van der Waals surface area contributed by atoms with E-state index in [9.17, 15) is 23.1 Å². The van der Waals surface area contributed by atoms with Gasteiger partial charge in [0.05, 0.1) is 12.5 Å². The maximum absolute atomic E-state index is 12.4. The third-order valence-corrected chi connectivity index (χ3v) is 4.52. The second-order valence-corrected chi connectivity index (χ2v) is 6.42. The number of rotatable bonds is 7. The van der Waals surface area contributed by atoms with Gasteiger partial charge in [0, 0.05) is 12.6 Å². The molecule has 0 bridgehead atoms. The molecule has 8 heteroatoms. The SMILES string of the molecule is CCOc1cc(CN2CCC[C@H](C(=O)O)[C@@H]2C)ccc1OCC(F)(F)F. The summed E-state index contributed by atoms with van der Waals surface area (Å²) in [6, 6.07) is 4.70. The minimum absolute atomic E-state index is 0.0445. The van der Waals surface area contributed by atoms with Crippen LogP contribution in [-0.4, -0.2) is 48.0 Å². The molecule has 1 heterocycles. The summed E-state index contributed by atoms with van der Waals surface area (Å²) < 4.78 is 47.4. The molecule has 0 saturated carbocycles. The van der Waals surface area contributed by atoms with Crippen LogP contribution >= 0.6 is 0 Å². The van der Waals surface area contributed by atoms with Gasteiger partial charge in [0.25, 0.3) is 0 Å². The van der Waals surface area contributed by atoms with E-state index in [0.717, 1.165) is 18.5 Å². The largest absolute Gasteiger partial charge is 0.490 e. The number of hydrogen-bond acceptors (Lipinski definition) is 4. The Bertz CT molecular complexity index is 621. The molecule has 1 saturated heterocycles. The van der Waals surface area contributed by atoms with Crippen molar-refractivity contribution < 1.29 is 32.5 Å². The van der Waals surface area contributed by atoms with Gasteiger partial charge in [-0.1, -0.05) is 6.07 Å². The summed E-state index contributed by atoms with van der Waals surface area (Å²) in [5, 5.41) is 9.31. The minimum Gasteiger partial charge on any atom is -0.490 e. The lowest BCUT2D eigenvalue weighted by Crippen LogP contribution is -2.45. The monoisotopic (exact) mass is 375 g/mol. The number of carboxylic acid groups (broad SMARTS) is 1. The fourth-order valence-corrected chi connectivity index (χ4v) is 3.20. The Hall–Kier alpha value is -1.96. The standard InChI is InChI=1S/C18H24F3NO4/c1-3-25-16-9-13(6-7-15(16)26-11-18(19,20)21)10-22-8-4-5-14(12(22)2)17(23)24/h6-7,9,12,14H,3-5,8,10-11H2,1-2H3,(H,23,24)/t12-,14-/m0/s1. The van der Waals surface area contributed by atoms with Crippen LogP contribution in [0.25, 0.3) is 0 Å². The first kappa shape index (κ1) is 20.4. The highest BCUT2D eigenvalue weighted by Gasteiger charge is 2.33. The molecule has 1 fully saturated rings. The average molecular weight is 375 g/mol. The second-order valence-electron chi connectivity index (χ2n) is 6.42. The van der Waals surface area contributed by atoms with Crippen LogP contribution in [0.4, 0.5) is 13.2 Å². The van der Waals surface area contributed by atoms with Crippen LogP contribution in [0.15, 0.2) is 18.2 Å². The van der Waals surface area contributed by atoms with Crippen LogP contribution in [0.2, 0.25) is 0 Å². The van der Waals surface area contributed by atoms with Crippen molar-refractivity contribution in [1.29, 1.82) is 0 Å². The molecule has 2 atom stereocenters. The minimum atomic E-state index is -4.42. The number of alkyl halides is 3. The second kappa shape index (κ2) is 8.62. The molecular weight excluding hydrogens is 351 g/mol. The molecule has 0 aliphatic carbocycles. The van der Waals surface area contributed by atoms with Crippen molar-refractivity contribution in [2.75, 3.05) is 19.8 Å². The van der Waals surface area contributed by atoms with Crippen molar-refractivity contribution in [3.8, 4) is 11.5 Å². The van der Waals surface area contributed by atoms with Gasteiger partial charge >= 0.3 is 12.1 Å². The van der Waals surface area contributed by atoms with E-state index in [1.165, 1.54) is 6.07 Å². The lowest BCUT2D eigenvalue weighted by atomic mass is 9.90. The summed E-state index contributed by atoms with van der Waals surface area (Å²) in [5.41, 5.74) is 0.839. The number of carboxylic acids is 1. The van der Waals surface area contributed by atoms with E-state index in [2.05, 4.69) is 4.90 Å². The zero-order chi connectivity index (χ0) is 19.3. The molecular formula is C18H24F3NO4. The summed E-state index contributed by atoms with van der Waals surface area (Å²) in [6.45, 7) is 3.83. The molecule has 0 aromatic heterocycles. The van der Waals surface area contributed by atoms with E-state index in [1.807, 2.05) is 6.92 Å². The molecule has 0 spiro atoms. The Morgan fingerprint density at radius 1 is 1.31 bits per heavy atom. The number of halogens is 3. The number of benzene rings is 1. The van der Waals surface area contributed by atoms with Gasteiger partial charge in [-0.2, -0.15) is 13.2 Å². The lowest BCUT2D eigenvalue weighted by Gasteiger charge is -2.37. The molecule has 1 aromatic rings. The molecule has 1 aliphatic rings. The summed E-state index contributed by atoms with van der Waals surface area (Å²) in [6.07, 6.45) is -2.97. The van der Waals surface area contributed by atoms with Gasteiger partial charge in [-0.05, 0) is 50.9 Å². The first-order valence-electron chi connectivity index (χ1n) is 8.63. The third kappa shape index (κ3) is 5.52. The van der Waals surface area contributed by atoms with Gasteiger partial charge in [-0.25, -0.2) is 0 Å². The first-order chi connectivity index (χ1) is 12.2. The normalized spacial score (nSPS) is 21.4. The molecule has 2 rings (SSSR count). The third-order valence-electron chi connectivity index (χ3n) is 4.52. The van der Waals surface area contributed by atoms with Crippen LogP contribution in [0, 0.1) is 5.92 Å². The average Bonchev–Trinajstić information content (AvgIpc) is 2.55. The number of likely N-dealkylation sites (tertiary alicyclic amines) is 1. The molecule has 26 heavy (non-hydrogen) atoms. The number of ether oxygens (including phenoxy) is 2. The van der Waals surface area contributed by atoms with Crippen LogP contribution in [0.3, 0.4) is 0 Å². The van der Waals surface area contributed by atoms with E-state index in [0.29, 0.717) is 19.6 Å². The van der Waals surface area contributed by atoms with E-state index in [4.69, 9.17) is 9.47 Å². The maximum atomic E-state index is 12.4. The Balaban J connectivity index is 2.12. The Morgan fingerprint density at radius 3 is 2.65 bits per heavy atom. The molecule has 1 N–H and O–H groups in total. The van der Waals surface area contributed by atoms with Crippen molar-refractivity contribution in [3.63, 3.8) is 0 Å². The predicted molar refractivity (Wildman–Crippen MR) is 89.4 cm³/mol. The van der Waals surface area contributed by atoms with Crippen molar-refractivity contribution in [3.05, 3.63) is 23.8 Å². The molecule has 0 radical (unpaired) electrons. The number of piperidine rings is 1. The zero-order valence-corrected chi connectivity index (χ0v) is 14.9. The predicted octanol–water partition coefficient (Wildman–Crippen LogP) is 3.71. The van der Waals surface area contributed by atoms with Crippen LogP contribution in [0.5, 0.6) is 11.5 Å². The quantitative estimate of drug-likeness (QED) is 0.787. The summed E-state index contributed by atoms with van der Waals surface area (Å²) >= 11 is 0. The number of nitrogens with zero attached hydrogens (tertiary/aromatic N) is 1. The molecule has 146 valence electrons. The fraction of sp³-hybridized carbons (Fsp3) is 0.611. The van der Waals surface area contributed by atoms with Gasteiger partial charge in [0.15, 0.2) is 18.1 Å². The van der Waals surface area contributed by atoms with Crippen LogP contribution in [-0.2, 0) is 11.3 Å². The zero-order valence-electron chi connectivity index (χ0n) is 14.9. The fourth-order valence-electron chi connectivity index (χ4n) is 3.20. The van der Waals surface area contributed by atoms with Crippen LogP contribution in [0.1, 0.15) is 32.3 Å². The highest BCUT2D eigenvalue weighted by molar-refractivity contribution is 5.71. The van der Waals surface area contributed by atoms with Gasteiger partial charge in [-0.15, -0.1) is 0 Å². The molecule has 0 amide bonds. The lowest BCUT2D eigenvalue weighted by molar-refractivity contribution is -0.153. The number of hydrogen-bond donors (Lipinski definition) is 1. The molecule has 1 aliphatic heterocycles. The van der Waals surface area contributed by atoms with E-state index in [1.54, 1.807) is 19.1 Å².